The molecule has 0 saturated heterocycles. The molecule has 102 valence electrons. The predicted molar refractivity (Wildman–Crippen MR) is 74.9 cm³/mol. The van der Waals surface area contributed by atoms with Crippen molar-refractivity contribution in [3.05, 3.63) is 65.5 Å². The first-order chi connectivity index (χ1) is 9.74. The molecular weight excluding hydrogens is 255 g/mol. The second-order valence-corrected chi connectivity index (χ2v) is 4.30. The highest BCUT2D eigenvalue weighted by atomic mass is 19.1. The summed E-state index contributed by atoms with van der Waals surface area (Å²) in [5.74, 6) is 0.495. The Morgan fingerprint density at radius 2 is 1.65 bits per heavy atom. The van der Waals surface area contributed by atoms with Gasteiger partial charge >= 0.3 is 0 Å². The van der Waals surface area contributed by atoms with Crippen molar-refractivity contribution in [3.8, 4) is 11.8 Å². The maximum Gasteiger partial charge on any atom is 0.123 e. The molecule has 0 aromatic heterocycles. The van der Waals surface area contributed by atoms with Gasteiger partial charge in [0.15, 0.2) is 0 Å². The Morgan fingerprint density at radius 3 is 2.15 bits per heavy atom. The Hall–Kier alpha value is -2.38. The third-order valence-corrected chi connectivity index (χ3v) is 3.04. The standard InChI is InChI=1S/C16H15FN2O/c1-20-15-8-4-13(5-9-15)16(19-11-10-18)12-2-6-14(17)7-3-12/h2-9,16,19H,11H2,1H3/t16-/m1/s1. The molecule has 0 aliphatic carbocycles. The van der Waals surface area contributed by atoms with Crippen LogP contribution < -0.4 is 10.1 Å². The molecule has 0 amide bonds. The number of methoxy groups -OCH3 is 1. The number of nitrogens with one attached hydrogen (secondary N) is 1. The van der Waals surface area contributed by atoms with E-state index >= 15 is 0 Å². The van der Waals surface area contributed by atoms with Crippen molar-refractivity contribution in [1.82, 2.24) is 5.32 Å². The van der Waals surface area contributed by atoms with Crippen molar-refractivity contribution in [3.63, 3.8) is 0 Å². The van der Waals surface area contributed by atoms with Gasteiger partial charge in [0.25, 0.3) is 0 Å². The van der Waals surface area contributed by atoms with Crippen LogP contribution in [0.5, 0.6) is 5.75 Å². The number of nitriles is 1. The highest BCUT2D eigenvalue weighted by molar-refractivity contribution is 5.35. The molecule has 20 heavy (non-hydrogen) atoms. The molecule has 0 spiro atoms. The lowest BCUT2D eigenvalue weighted by atomic mass is 9.98. The smallest absolute Gasteiger partial charge is 0.123 e. The Balaban J connectivity index is 2.30. The minimum absolute atomic E-state index is 0.152. The zero-order valence-electron chi connectivity index (χ0n) is 11.1. The van der Waals surface area contributed by atoms with Crippen LogP contribution >= 0.6 is 0 Å². The molecule has 3 nitrogen and oxygen atoms in total. The Labute approximate surface area is 117 Å². The maximum absolute atomic E-state index is 13.0. The molecule has 0 aliphatic heterocycles. The van der Waals surface area contributed by atoms with Crippen molar-refractivity contribution in [2.45, 2.75) is 6.04 Å². The van der Waals surface area contributed by atoms with E-state index in [2.05, 4.69) is 11.4 Å². The monoisotopic (exact) mass is 270 g/mol. The predicted octanol–water partition coefficient (Wildman–Crippen LogP) is 3.04. The molecule has 0 radical (unpaired) electrons. The second-order valence-electron chi connectivity index (χ2n) is 4.30. The summed E-state index contributed by atoms with van der Waals surface area (Å²) in [6.45, 7) is 0.216. The van der Waals surface area contributed by atoms with Crippen molar-refractivity contribution in [2.75, 3.05) is 13.7 Å². The van der Waals surface area contributed by atoms with Crippen LogP contribution in [0.2, 0.25) is 0 Å². The summed E-state index contributed by atoms with van der Waals surface area (Å²) in [6, 6.07) is 15.8. The number of hydrogen-bond donors (Lipinski definition) is 1. The molecule has 0 heterocycles. The van der Waals surface area contributed by atoms with Gasteiger partial charge in [0.2, 0.25) is 0 Å². The average molecular weight is 270 g/mol. The van der Waals surface area contributed by atoms with E-state index in [1.54, 1.807) is 19.2 Å². The van der Waals surface area contributed by atoms with E-state index in [0.29, 0.717) is 0 Å². The number of benzene rings is 2. The molecule has 0 aliphatic rings. The average Bonchev–Trinajstić information content (AvgIpc) is 2.50. The number of hydrogen-bond acceptors (Lipinski definition) is 3. The molecule has 2 rings (SSSR count). The fraction of sp³-hybridized carbons (Fsp3) is 0.188. The summed E-state index contributed by atoms with van der Waals surface area (Å²) < 4.78 is 18.1. The van der Waals surface area contributed by atoms with Crippen LogP contribution in [0.15, 0.2) is 48.5 Å². The molecule has 0 bridgehead atoms. The van der Waals surface area contributed by atoms with Gasteiger partial charge in [0.05, 0.1) is 25.8 Å². The van der Waals surface area contributed by atoms with Gasteiger partial charge in [-0.15, -0.1) is 0 Å². The van der Waals surface area contributed by atoms with E-state index in [4.69, 9.17) is 10.00 Å². The SMILES string of the molecule is COc1ccc([C@H](NCC#N)c2ccc(F)cc2)cc1. The van der Waals surface area contributed by atoms with Crippen molar-refractivity contribution in [1.29, 1.82) is 5.26 Å². The fourth-order valence-corrected chi connectivity index (χ4v) is 2.03. The molecule has 1 N–H and O–H groups in total. The Bertz CT molecular complexity index is 587. The highest BCUT2D eigenvalue weighted by Gasteiger charge is 2.13. The largest absolute Gasteiger partial charge is 0.497 e. The number of nitrogens with zero attached hydrogens (tertiary/aromatic N) is 1. The molecule has 0 saturated carbocycles. The van der Waals surface area contributed by atoms with Gasteiger partial charge in [0.1, 0.15) is 11.6 Å². The minimum Gasteiger partial charge on any atom is -0.497 e. The third-order valence-electron chi connectivity index (χ3n) is 3.04. The normalized spacial score (nSPS) is 11.7. The van der Waals surface area contributed by atoms with Gasteiger partial charge in [0, 0.05) is 0 Å². The zero-order chi connectivity index (χ0) is 14.4. The zero-order valence-corrected chi connectivity index (χ0v) is 11.1. The van der Waals surface area contributed by atoms with Crippen LogP contribution in [0.4, 0.5) is 4.39 Å². The molecule has 0 unspecified atom stereocenters. The molecule has 2 aromatic rings. The molecule has 4 heteroatoms. The molecule has 1 atom stereocenters. The first-order valence-electron chi connectivity index (χ1n) is 6.24. The molecule has 2 aromatic carbocycles. The van der Waals surface area contributed by atoms with E-state index < -0.39 is 0 Å². The lowest BCUT2D eigenvalue weighted by Crippen LogP contribution is -2.22. The minimum atomic E-state index is -0.275. The topological polar surface area (TPSA) is 45.0 Å². The second kappa shape index (κ2) is 6.69. The quantitative estimate of drug-likeness (QED) is 0.849. The highest BCUT2D eigenvalue weighted by Crippen LogP contribution is 2.24. The lowest BCUT2D eigenvalue weighted by Gasteiger charge is -2.18. The van der Waals surface area contributed by atoms with Crippen molar-refractivity contribution >= 4 is 0 Å². The summed E-state index contributed by atoms with van der Waals surface area (Å²) >= 11 is 0. The lowest BCUT2D eigenvalue weighted by molar-refractivity contribution is 0.414. The first kappa shape index (κ1) is 14.0. The van der Waals surface area contributed by atoms with Crippen LogP contribution in [0, 0.1) is 17.1 Å². The van der Waals surface area contributed by atoms with Gasteiger partial charge in [-0.05, 0) is 35.4 Å². The van der Waals surface area contributed by atoms with Gasteiger partial charge in [-0.3, -0.25) is 5.32 Å². The van der Waals surface area contributed by atoms with Crippen LogP contribution in [-0.4, -0.2) is 13.7 Å². The molecule has 0 fully saturated rings. The van der Waals surface area contributed by atoms with Crippen LogP contribution in [-0.2, 0) is 0 Å². The van der Waals surface area contributed by atoms with Crippen molar-refractivity contribution in [2.24, 2.45) is 0 Å². The summed E-state index contributed by atoms with van der Waals surface area (Å²) in [4.78, 5) is 0. The van der Waals surface area contributed by atoms with Crippen LogP contribution in [0.25, 0.3) is 0 Å². The van der Waals surface area contributed by atoms with Crippen molar-refractivity contribution < 1.29 is 9.13 Å². The van der Waals surface area contributed by atoms with E-state index in [1.165, 1.54) is 12.1 Å². The van der Waals surface area contributed by atoms with Crippen LogP contribution in [0.3, 0.4) is 0 Å². The van der Waals surface area contributed by atoms with Gasteiger partial charge in [-0.25, -0.2) is 4.39 Å². The first-order valence-corrected chi connectivity index (χ1v) is 6.24. The summed E-state index contributed by atoms with van der Waals surface area (Å²) in [6.07, 6.45) is 0. The Kier molecular flexibility index (Phi) is 4.70. The van der Waals surface area contributed by atoms with E-state index in [9.17, 15) is 4.39 Å². The third kappa shape index (κ3) is 3.34. The number of halogens is 1. The van der Waals surface area contributed by atoms with E-state index in [0.717, 1.165) is 16.9 Å². The fourth-order valence-electron chi connectivity index (χ4n) is 2.03. The van der Waals surface area contributed by atoms with Crippen LogP contribution in [0.1, 0.15) is 17.2 Å². The van der Waals surface area contributed by atoms with Gasteiger partial charge in [-0.2, -0.15) is 5.26 Å². The van der Waals surface area contributed by atoms with E-state index in [-0.39, 0.29) is 18.4 Å². The summed E-state index contributed by atoms with van der Waals surface area (Å²) in [7, 11) is 1.61. The van der Waals surface area contributed by atoms with Gasteiger partial charge in [-0.1, -0.05) is 24.3 Å². The number of ether oxygens (including phenoxy) is 1. The Morgan fingerprint density at radius 1 is 1.10 bits per heavy atom. The van der Waals surface area contributed by atoms with E-state index in [1.807, 2.05) is 24.3 Å². The maximum atomic E-state index is 13.0. The molecular formula is C16H15FN2O. The summed E-state index contributed by atoms with van der Waals surface area (Å²) in [5, 5.41) is 11.9. The summed E-state index contributed by atoms with van der Waals surface area (Å²) in [5.41, 5.74) is 1.90. The van der Waals surface area contributed by atoms with Gasteiger partial charge < -0.3 is 4.74 Å². The number of rotatable bonds is 5.